The number of carbonyl (C=O) groups is 1. The van der Waals surface area contributed by atoms with Crippen LogP contribution in [0.25, 0.3) is 21.8 Å². The second-order valence-corrected chi connectivity index (χ2v) is 16.6. The molecule has 6 rings (SSSR count). The van der Waals surface area contributed by atoms with E-state index in [0.29, 0.717) is 61.5 Å². The van der Waals surface area contributed by atoms with Gasteiger partial charge in [0.2, 0.25) is 5.95 Å². The third-order valence-corrected chi connectivity index (χ3v) is 11.6. The minimum absolute atomic E-state index is 0.227. The predicted molar refractivity (Wildman–Crippen MR) is 200 cm³/mol. The average Bonchev–Trinajstić information content (AvgIpc) is 3.76. The largest absolute Gasteiger partial charge is 0.491 e. The zero-order valence-corrected chi connectivity index (χ0v) is 30.7. The summed E-state index contributed by atoms with van der Waals surface area (Å²) in [5.41, 5.74) is 2.02. The van der Waals surface area contributed by atoms with Crippen LogP contribution in [0.2, 0.25) is 5.02 Å². The van der Waals surface area contributed by atoms with E-state index in [1.54, 1.807) is 42.6 Å². The van der Waals surface area contributed by atoms with E-state index in [-0.39, 0.29) is 5.75 Å². The summed E-state index contributed by atoms with van der Waals surface area (Å²) in [5, 5.41) is 6.90. The fraction of sp³-hybridized carbons (Fsp3) is 0.297. The van der Waals surface area contributed by atoms with Gasteiger partial charge in [-0.1, -0.05) is 29.8 Å². The second kappa shape index (κ2) is 15.9. The number of halogens is 3. The molecule has 0 spiro atoms. The number of ether oxygens (including phenoxy) is 1. The van der Waals surface area contributed by atoms with Gasteiger partial charge in [0.15, 0.2) is 0 Å². The summed E-state index contributed by atoms with van der Waals surface area (Å²) in [6.45, 7) is 9.34. The summed E-state index contributed by atoms with van der Waals surface area (Å²) < 4.78 is 47.2. The number of benzene rings is 3. The van der Waals surface area contributed by atoms with E-state index in [2.05, 4.69) is 20.5 Å². The average molecular weight is 751 g/mol. The normalized spacial score (nSPS) is 14.0. The molecule has 5 aromatic rings. The first-order valence-electron chi connectivity index (χ1n) is 16.4. The van der Waals surface area contributed by atoms with Gasteiger partial charge in [0, 0.05) is 45.2 Å². The minimum Gasteiger partial charge on any atom is -0.491 e. The molecule has 2 N–H and O–H groups in total. The first kappa shape index (κ1) is 36.5. The van der Waals surface area contributed by atoms with Crippen molar-refractivity contribution in [1.29, 1.82) is 0 Å². The summed E-state index contributed by atoms with van der Waals surface area (Å²) in [6, 6.07) is 17.2. The predicted octanol–water partition coefficient (Wildman–Crippen LogP) is 8.72. The van der Waals surface area contributed by atoms with Gasteiger partial charge in [0.1, 0.15) is 34.6 Å². The molecule has 51 heavy (non-hydrogen) atoms. The highest BCUT2D eigenvalue weighted by Crippen LogP contribution is 2.38. The topological polar surface area (TPSA) is 109 Å². The number of rotatable bonds is 12. The van der Waals surface area contributed by atoms with Crippen molar-refractivity contribution in [2.24, 2.45) is 0 Å². The number of amides is 1. The zero-order chi connectivity index (χ0) is 36.1. The molecule has 0 aliphatic carbocycles. The molecule has 1 saturated heterocycles. The summed E-state index contributed by atoms with van der Waals surface area (Å²) in [7, 11) is -1.22. The first-order valence-corrected chi connectivity index (χ1v) is 18.9. The summed E-state index contributed by atoms with van der Waals surface area (Å²) in [4.78, 5) is 30.0. The lowest BCUT2D eigenvalue weighted by atomic mass is 10.1. The molecule has 1 atom stereocenters. The van der Waals surface area contributed by atoms with Crippen molar-refractivity contribution in [2.45, 2.75) is 44.1 Å². The summed E-state index contributed by atoms with van der Waals surface area (Å²) >= 11 is 7.92. The van der Waals surface area contributed by atoms with Crippen LogP contribution in [-0.2, 0) is 16.6 Å². The maximum absolute atomic E-state index is 14.3. The van der Waals surface area contributed by atoms with Crippen molar-refractivity contribution in [2.75, 3.05) is 36.9 Å². The van der Waals surface area contributed by atoms with Gasteiger partial charge >= 0.3 is 0 Å². The molecule has 1 aliphatic heterocycles. The van der Waals surface area contributed by atoms with E-state index in [1.165, 1.54) is 30.2 Å². The van der Waals surface area contributed by atoms with Gasteiger partial charge in [0.05, 0.1) is 27.0 Å². The van der Waals surface area contributed by atoms with Gasteiger partial charge in [0.25, 0.3) is 5.91 Å². The number of anilines is 3. The fourth-order valence-corrected chi connectivity index (χ4v) is 7.80. The Hall–Kier alpha value is -4.30. The third kappa shape index (κ3) is 9.14. The highest BCUT2D eigenvalue weighted by Gasteiger charge is 2.24. The van der Waals surface area contributed by atoms with Gasteiger partial charge in [-0.3, -0.25) is 13.9 Å². The number of carbonyl (C=O) groups excluding carboxylic acids is 1. The van der Waals surface area contributed by atoms with Crippen molar-refractivity contribution in [1.82, 2.24) is 19.9 Å². The number of aromatic nitrogens is 3. The van der Waals surface area contributed by atoms with E-state index in [0.717, 1.165) is 31.8 Å². The molecule has 14 heteroatoms. The van der Waals surface area contributed by atoms with Gasteiger partial charge in [-0.05, 0) is 95.2 Å². The van der Waals surface area contributed by atoms with Crippen LogP contribution in [0.5, 0.6) is 5.75 Å². The lowest BCUT2D eigenvalue weighted by Crippen LogP contribution is -2.25. The van der Waals surface area contributed by atoms with Crippen molar-refractivity contribution >= 4 is 57.0 Å². The van der Waals surface area contributed by atoms with E-state index in [4.69, 9.17) is 26.3 Å². The van der Waals surface area contributed by atoms with Gasteiger partial charge in [-0.15, -0.1) is 11.3 Å². The Morgan fingerprint density at radius 3 is 2.47 bits per heavy atom. The van der Waals surface area contributed by atoms with Gasteiger partial charge in [-0.2, -0.15) is 0 Å². The molecule has 2 aromatic heterocycles. The third-order valence-electron chi connectivity index (χ3n) is 8.13. The van der Waals surface area contributed by atoms with E-state index < -0.39 is 38.7 Å². The first-order chi connectivity index (χ1) is 24.4. The molecule has 9 nitrogen and oxygen atoms in total. The van der Waals surface area contributed by atoms with Crippen molar-refractivity contribution < 1.29 is 22.5 Å². The second-order valence-electron chi connectivity index (χ2n) is 13.0. The van der Waals surface area contributed by atoms with Crippen LogP contribution < -0.4 is 15.4 Å². The number of hydrogen-bond donors (Lipinski definition) is 2. The fourth-order valence-electron chi connectivity index (χ4n) is 5.44. The Morgan fingerprint density at radius 2 is 1.75 bits per heavy atom. The van der Waals surface area contributed by atoms with Crippen LogP contribution in [0.3, 0.4) is 0 Å². The number of likely N-dealkylation sites (tertiary alicyclic amines) is 1. The van der Waals surface area contributed by atoms with E-state index in [1.807, 2.05) is 32.9 Å². The minimum atomic E-state index is -1.22. The number of hydrogen-bond acceptors (Lipinski definition) is 9. The smallest absolute Gasteiger partial charge is 0.261 e. The van der Waals surface area contributed by atoms with E-state index >= 15 is 0 Å². The maximum atomic E-state index is 14.3. The summed E-state index contributed by atoms with van der Waals surface area (Å²) in [6.07, 6.45) is 4.07. The molecular weight excluding hydrogens is 714 g/mol. The highest BCUT2D eigenvalue weighted by molar-refractivity contribution is 7.85. The number of nitrogens with zero attached hydrogens (tertiary/aromatic N) is 4. The Balaban J connectivity index is 1.26. The van der Waals surface area contributed by atoms with Crippen molar-refractivity contribution in [3.8, 4) is 27.6 Å². The maximum Gasteiger partial charge on any atom is 0.261 e. The van der Waals surface area contributed by atoms with E-state index in [9.17, 15) is 17.8 Å². The molecule has 3 heterocycles. The Labute approximate surface area is 306 Å². The molecule has 0 radical (unpaired) electrons. The lowest BCUT2D eigenvalue weighted by Gasteiger charge is -2.16. The van der Waals surface area contributed by atoms with Gasteiger partial charge < -0.3 is 15.4 Å². The molecule has 3 aromatic carbocycles. The lowest BCUT2D eigenvalue weighted by molar-refractivity contribution is 0.101. The quantitative estimate of drug-likeness (QED) is 0.130. The number of nitrogens with one attached hydrogen (secondary N) is 2. The van der Waals surface area contributed by atoms with Gasteiger partial charge in [-0.25, -0.2) is 23.7 Å². The number of thiazole rings is 1. The van der Waals surface area contributed by atoms with Crippen LogP contribution in [0, 0.1) is 11.6 Å². The molecule has 0 saturated carbocycles. The van der Waals surface area contributed by atoms with Crippen LogP contribution >= 0.6 is 22.9 Å². The molecular formula is C37H37ClF2N6O3S2. The molecule has 1 aliphatic rings. The van der Waals surface area contributed by atoms with Crippen LogP contribution in [-0.4, -0.2) is 61.0 Å². The molecule has 0 bridgehead atoms. The highest BCUT2D eigenvalue weighted by atomic mass is 35.5. The zero-order valence-electron chi connectivity index (χ0n) is 28.3. The molecule has 1 fully saturated rings. The monoisotopic (exact) mass is 750 g/mol. The summed E-state index contributed by atoms with van der Waals surface area (Å²) in [5.74, 6) is -1.70. The molecule has 1 unspecified atom stereocenters. The molecule has 1 amide bonds. The van der Waals surface area contributed by atoms with Crippen molar-refractivity contribution in [3.63, 3.8) is 0 Å². The SMILES string of the molecule is CC(C)(C)S(=O)Cc1nc(-c2cccc(NC(=O)c3c(F)cccc3F)c2)c(-c2ccnc(Nc3ccc(OCCN4CCCC4)c(Cl)c3)n2)s1. The van der Waals surface area contributed by atoms with Crippen LogP contribution in [0.15, 0.2) is 72.9 Å². The van der Waals surface area contributed by atoms with Crippen LogP contribution in [0.1, 0.15) is 49.0 Å². The standard InChI is InChI=1S/C37H37ClF2N6O3S2/c1-37(2,3)51(48)22-31-45-33(23-8-6-9-24(20-23)42-35(47)32-27(39)10-7-11-28(32)40)34(50-31)29-14-15-41-36(44-29)43-25-12-13-30(26(38)21-25)49-19-18-46-16-4-5-17-46/h6-15,20-21H,4-5,16-19,22H2,1-3H3,(H,42,47)(H,41,43,44). The van der Waals surface area contributed by atoms with Crippen molar-refractivity contribution in [3.05, 3.63) is 100 Å². The van der Waals surface area contributed by atoms with Crippen LogP contribution in [0.4, 0.5) is 26.1 Å². The molecule has 266 valence electrons. The Kier molecular flexibility index (Phi) is 11.4. The Morgan fingerprint density at radius 1 is 1.00 bits per heavy atom. The Bertz CT molecular complexity index is 2050.